The van der Waals surface area contributed by atoms with Crippen LogP contribution in [0, 0.1) is 5.82 Å². The van der Waals surface area contributed by atoms with Gasteiger partial charge in [-0.3, -0.25) is 0 Å². The van der Waals surface area contributed by atoms with E-state index in [4.69, 9.17) is 14.6 Å². The second-order valence-electron chi connectivity index (χ2n) is 4.66. The van der Waals surface area contributed by atoms with Crippen molar-refractivity contribution in [2.75, 3.05) is 13.2 Å². The second-order valence-corrected chi connectivity index (χ2v) is 4.66. The topological polar surface area (TPSA) is 55.8 Å². The Kier molecular flexibility index (Phi) is 5.77. The van der Waals surface area contributed by atoms with Crippen molar-refractivity contribution in [3.8, 4) is 11.5 Å². The van der Waals surface area contributed by atoms with Crippen molar-refractivity contribution in [1.82, 2.24) is 0 Å². The maximum atomic E-state index is 13.2. The molecule has 0 fully saturated rings. The molecule has 4 nitrogen and oxygen atoms in total. The second kappa shape index (κ2) is 8.02. The summed E-state index contributed by atoms with van der Waals surface area (Å²) in [5.74, 6) is -0.897. The molecule has 0 saturated heterocycles. The van der Waals surface area contributed by atoms with Crippen LogP contribution in [0.15, 0.2) is 48.5 Å². The predicted octanol–water partition coefficient (Wildman–Crippen LogP) is 3.76. The number of rotatable bonds is 8. The minimum Gasteiger partial charge on any atom is -0.494 e. The van der Waals surface area contributed by atoms with Crippen molar-refractivity contribution < 1.29 is 23.8 Å². The molecule has 0 unspecified atom stereocenters. The molecule has 0 spiro atoms. The molecule has 0 amide bonds. The molecule has 2 rings (SSSR count). The number of unbranched alkanes of at least 4 members (excludes halogenated alkanes) is 1. The molecule has 0 atom stereocenters. The van der Waals surface area contributed by atoms with Gasteiger partial charge < -0.3 is 14.6 Å². The molecule has 0 aromatic heterocycles. The number of halogens is 1. The van der Waals surface area contributed by atoms with Crippen molar-refractivity contribution in [1.29, 1.82) is 0 Å². The maximum Gasteiger partial charge on any atom is 0.338 e. The zero-order valence-electron chi connectivity index (χ0n) is 12.0. The van der Waals surface area contributed by atoms with Crippen LogP contribution in [0.1, 0.15) is 23.2 Å². The van der Waals surface area contributed by atoms with E-state index in [1.165, 1.54) is 12.1 Å². The minimum absolute atomic E-state index is 0.350. The highest BCUT2D eigenvalue weighted by Gasteiger charge is 2.11. The van der Waals surface area contributed by atoms with E-state index in [1.807, 2.05) is 30.3 Å². The lowest BCUT2D eigenvalue weighted by Crippen LogP contribution is -2.04. The average Bonchev–Trinajstić information content (AvgIpc) is 2.53. The van der Waals surface area contributed by atoms with Crippen LogP contribution in [0.3, 0.4) is 0 Å². The number of ether oxygens (including phenoxy) is 2. The monoisotopic (exact) mass is 304 g/mol. The Morgan fingerprint density at radius 1 is 0.955 bits per heavy atom. The molecule has 22 heavy (non-hydrogen) atoms. The van der Waals surface area contributed by atoms with E-state index in [2.05, 4.69) is 0 Å². The summed E-state index contributed by atoms with van der Waals surface area (Å²) in [6, 6.07) is 13.2. The normalized spacial score (nSPS) is 10.2. The number of hydrogen-bond donors (Lipinski definition) is 1. The molecule has 2 aromatic carbocycles. The molecule has 0 radical (unpaired) electrons. The van der Waals surface area contributed by atoms with Crippen LogP contribution in [-0.2, 0) is 0 Å². The number of aromatic carboxylic acids is 1. The average molecular weight is 304 g/mol. The minimum atomic E-state index is -1.31. The Labute approximate surface area is 128 Å². The third-order valence-corrected chi connectivity index (χ3v) is 2.99. The van der Waals surface area contributed by atoms with E-state index in [1.54, 1.807) is 0 Å². The molecule has 116 valence electrons. The first-order valence-electron chi connectivity index (χ1n) is 7.00. The van der Waals surface area contributed by atoms with Crippen LogP contribution in [0.5, 0.6) is 11.5 Å². The molecule has 0 heterocycles. The van der Waals surface area contributed by atoms with Crippen LogP contribution in [0.2, 0.25) is 0 Å². The Morgan fingerprint density at radius 2 is 1.59 bits per heavy atom. The highest BCUT2D eigenvalue weighted by Crippen LogP contribution is 2.17. The third kappa shape index (κ3) is 4.77. The number of para-hydroxylation sites is 1. The number of carboxylic acid groups (broad SMARTS) is 1. The highest BCUT2D eigenvalue weighted by atomic mass is 19.1. The molecule has 0 bridgehead atoms. The first-order valence-corrected chi connectivity index (χ1v) is 7.00. The van der Waals surface area contributed by atoms with Gasteiger partial charge in [-0.15, -0.1) is 0 Å². The zero-order chi connectivity index (χ0) is 15.8. The van der Waals surface area contributed by atoms with E-state index in [9.17, 15) is 9.18 Å². The summed E-state index contributed by atoms with van der Waals surface area (Å²) in [7, 11) is 0. The fourth-order valence-corrected chi connectivity index (χ4v) is 1.86. The van der Waals surface area contributed by atoms with Gasteiger partial charge in [0, 0.05) is 0 Å². The van der Waals surface area contributed by atoms with Gasteiger partial charge in [-0.25, -0.2) is 9.18 Å². The molecule has 0 saturated carbocycles. The van der Waals surface area contributed by atoms with Gasteiger partial charge in [-0.05, 0) is 43.2 Å². The Bertz CT molecular complexity index is 613. The van der Waals surface area contributed by atoms with E-state index < -0.39 is 11.8 Å². The highest BCUT2D eigenvalue weighted by molar-refractivity contribution is 5.88. The summed E-state index contributed by atoms with van der Waals surface area (Å²) in [5, 5.41) is 8.83. The Morgan fingerprint density at radius 3 is 2.23 bits per heavy atom. The molecule has 1 N–H and O–H groups in total. The van der Waals surface area contributed by atoms with Gasteiger partial charge in [0.2, 0.25) is 0 Å². The van der Waals surface area contributed by atoms with Crippen molar-refractivity contribution in [2.24, 2.45) is 0 Å². The first-order chi connectivity index (χ1) is 10.7. The van der Waals surface area contributed by atoms with Crippen LogP contribution in [0.4, 0.5) is 4.39 Å². The van der Waals surface area contributed by atoms with Crippen LogP contribution in [-0.4, -0.2) is 24.3 Å². The molecule has 0 aliphatic carbocycles. The lowest BCUT2D eigenvalue weighted by Gasteiger charge is -2.08. The molecule has 2 aromatic rings. The summed E-state index contributed by atoms with van der Waals surface area (Å²) in [5.41, 5.74) is -0.384. The maximum absolute atomic E-state index is 13.2. The lowest BCUT2D eigenvalue weighted by atomic mass is 10.2. The number of hydrogen-bond acceptors (Lipinski definition) is 3. The SMILES string of the molecule is O=C(O)c1cc(OCCCCOc2ccccc2)ccc1F. The van der Waals surface area contributed by atoms with Crippen LogP contribution >= 0.6 is 0 Å². The quantitative estimate of drug-likeness (QED) is 0.754. The van der Waals surface area contributed by atoms with Gasteiger partial charge in [-0.2, -0.15) is 0 Å². The largest absolute Gasteiger partial charge is 0.494 e. The fourth-order valence-electron chi connectivity index (χ4n) is 1.86. The smallest absolute Gasteiger partial charge is 0.338 e. The van der Waals surface area contributed by atoms with Crippen molar-refractivity contribution in [3.05, 3.63) is 59.9 Å². The molecule has 0 aliphatic heterocycles. The molecule has 0 aliphatic rings. The number of carbonyl (C=O) groups is 1. The van der Waals surface area contributed by atoms with Crippen molar-refractivity contribution in [3.63, 3.8) is 0 Å². The number of carboxylic acids is 1. The third-order valence-electron chi connectivity index (χ3n) is 2.99. The summed E-state index contributed by atoms with van der Waals surface area (Å²) in [6.45, 7) is 1.00. The fraction of sp³-hybridized carbons (Fsp3) is 0.235. The van der Waals surface area contributed by atoms with Gasteiger partial charge in [-0.1, -0.05) is 18.2 Å². The standard InChI is InChI=1S/C17H17FO4/c18-16-9-8-14(12-15(16)17(19)20)22-11-5-4-10-21-13-6-2-1-3-7-13/h1-3,6-9,12H,4-5,10-11H2,(H,19,20). The summed E-state index contributed by atoms with van der Waals surface area (Å²) >= 11 is 0. The van der Waals surface area contributed by atoms with Gasteiger partial charge in [0.05, 0.1) is 18.8 Å². The zero-order valence-corrected chi connectivity index (χ0v) is 12.0. The Balaban J connectivity index is 1.68. The number of benzene rings is 2. The van der Waals surface area contributed by atoms with Crippen LogP contribution in [0.25, 0.3) is 0 Å². The summed E-state index contributed by atoms with van der Waals surface area (Å²) < 4.78 is 24.2. The van der Waals surface area contributed by atoms with E-state index in [0.29, 0.717) is 19.0 Å². The Hall–Kier alpha value is -2.56. The van der Waals surface area contributed by atoms with Crippen molar-refractivity contribution in [2.45, 2.75) is 12.8 Å². The lowest BCUT2D eigenvalue weighted by molar-refractivity contribution is 0.0691. The summed E-state index contributed by atoms with van der Waals surface area (Å²) in [6.07, 6.45) is 1.56. The van der Waals surface area contributed by atoms with E-state index in [0.717, 1.165) is 24.7 Å². The van der Waals surface area contributed by atoms with Crippen LogP contribution < -0.4 is 9.47 Å². The molecular weight excluding hydrogens is 287 g/mol. The molecule has 5 heteroatoms. The van der Waals surface area contributed by atoms with E-state index in [-0.39, 0.29) is 5.56 Å². The van der Waals surface area contributed by atoms with Gasteiger partial charge in [0.1, 0.15) is 17.3 Å². The van der Waals surface area contributed by atoms with Gasteiger partial charge in [0.25, 0.3) is 0 Å². The predicted molar refractivity (Wildman–Crippen MR) is 80.0 cm³/mol. The molecular formula is C17H17FO4. The van der Waals surface area contributed by atoms with Crippen molar-refractivity contribution >= 4 is 5.97 Å². The first kappa shape index (κ1) is 15.8. The van der Waals surface area contributed by atoms with Gasteiger partial charge >= 0.3 is 5.97 Å². The van der Waals surface area contributed by atoms with E-state index >= 15 is 0 Å². The van der Waals surface area contributed by atoms with Gasteiger partial charge in [0.15, 0.2) is 0 Å². The summed E-state index contributed by atoms with van der Waals surface area (Å²) in [4.78, 5) is 10.8.